The molecular weight excluding hydrogens is 467 g/mol. The van der Waals surface area contributed by atoms with Gasteiger partial charge in [0.1, 0.15) is 12.4 Å². The maximum absolute atomic E-state index is 5.87. The van der Waals surface area contributed by atoms with Crippen molar-refractivity contribution in [3.8, 4) is 5.75 Å². The highest BCUT2D eigenvalue weighted by Gasteiger charge is 2.10. The Morgan fingerprint density at radius 3 is 2.64 bits per heavy atom. The van der Waals surface area contributed by atoms with Crippen molar-refractivity contribution in [2.24, 2.45) is 4.99 Å². The van der Waals surface area contributed by atoms with Gasteiger partial charge in [-0.25, -0.2) is 4.99 Å². The van der Waals surface area contributed by atoms with Crippen molar-refractivity contribution in [2.75, 3.05) is 53.0 Å². The van der Waals surface area contributed by atoms with Gasteiger partial charge in [0.15, 0.2) is 5.96 Å². The van der Waals surface area contributed by atoms with Crippen molar-refractivity contribution in [3.63, 3.8) is 0 Å². The van der Waals surface area contributed by atoms with Crippen molar-refractivity contribution < 1.29 is 9.47 Å². The summed E-state index contributed by atoms with van der Waals surface area (Å²) in [6.45, 7) is 11.2. The number of methoxy groups -OCH3 is 1. The Balaban J connectivity index is 0.00000392. The lowest BCUT2D eigenvalue weighted by Crippen LogP contribution is -2.42. The zero-order valence-corrected chi connectivity index (χ0v) is 20.0. The van der Waals surface area contributed by atoms with Crippen molar-refractivity contribution in [1.29, 1.82) is 0 Å². The molecule has 1 aliphatic heterocycles. The molecule has 2 rings (SSSR count). The van der Waals surface area contributed by atoms with Gasteiger partial charge in [-0.2, -0.15) is 0 Å². The van der Waals surface area contributed by atoms with E-state index in [1.54, 1.807) is 7.11 Å². The van der Waals surface area contributed by atoms with Crippen LogP contribution in [0.3, 0.4) is 0 Å². The third-order valence-electron chi connectivity index (χ3n) is 4.69. The lowest BCUT2D eigenvalue weighted by atomic mass is 10.1. The fourth-order valence-electron chi connectivity index (χ4n) is 3.18. The van der Waals surface area contributed by atoms with E-state index < -0.39 is 0 Å². The first-order chi connectivity index (χ1) is 13.2. The van der Waals surface area contributed by atoms with Crippen LogP contribution < -0.4 is 15.4 Å². The quantitative estimate of drug-likeness (QED) is 0.222. The van der Waals surface area contributed by atoms with Crippen LogP contribution in [0, 0.1) is 6.92 Å². The predicted octanol–water partition coefficient (Wildman–Crippen LogP) is 3.18. The number of benzene rings is 1. The summed E-state index contributed by atoms with van der Waals surface area (Å²) in [5.74, 6) is 1.75. The third kappa shape index (κ3) is 9.43. The van der Waals surface area contributed by atoms with Gasteiger partial charge < -0.3 is 25.0 Å². The number of aryl methyl sites for hydroxylation is 1. The molecule has 0 radical (unpaired) electrons. The maximum atomic E-state index is 5.87. The molecule has 28 heavy (non-hydrogen) atoms. The first kappa shape index (κ1) is 25.0. The molecule has 1 saturated heterocycles. The number of aliphatic imine (C=N–C) groups is 1. The summed E-state index contributed by atoms with van der Waals surface area (Å²) in [7, 11) is 1.68. The number of likely N-dealkylation sites (tertiary alicyclic amines) is 1. The third-order valence-corrected chi connectivity index (χ3v) is 4.69. The van der Waals surface area contributed by atoms with Gasteiger partial charge in [-0.3, -0.25) is 0 Å². The van der Waals surface area contributed by atoms with Crippen LogP contribution in [0.15, 0.2) is 23.2 Å². The van der Waals surface area contributed by atoms with Crippen LogP contribution in [0.25, 0.3) is 0 Å². The number of hydrogen-bond acceptors (Lipinski definition) is 4. The minimum Gasteiger partial charge on any atom is -0.491 e. The Kier molecular flexibility index (Phi) is 13.3. The summed E-state index contributed by atoms with van der Waals surface area (Å²) in [5, 5.41) is 6.79. The van der Waals surface area contributed by atoms with E-state index in [0.29, 0.717) is 19.8 Å². The monoisotopic (exact) mass is 504 g/mol. The summed E-state index contributed by atoms with van der Waals surface area (Å²) in [6, 6.07) is 6.26. The van der Waals surface area contributed by atoms with Crippen LogP contribution in [0.5, 0.6) is 5.75 Å². The SMILES string of the molecule is CCNC(=NCc1ccc(C)cc1OCCOC)NCCN1CCCCC1.I. The molecule has 1 aliphatic rings. The molecule has 2 N–H and O–H groups in total. The molecule has 0 bridgehead atoms. The molecule has 0 saturated carbocycles. The average Bonchev–Trinajstić information content (AvgIpc) is 2.68. The van der Waals surface area contributed by atoms with Crippen LogP contribution >= 0.6 is 24.0 Å². The van der Waals surface area contributed by atoms with Gasteiger partial charge in [0, 0.05) is 32.3 Å². The summed E-state index contributed by atoms with van der Waals surface area (Å²) >= 11 is 0. The van der Waals surface area contributed by atoms with Crippen molar-refractivity contribution >= 4 is 29.9 Å². The highest BCUT2D eigenvalue weighted by Crippen LogP contribution is 2.21. The normalized spacial score (nSPS) is 15.0. The number of ether oxygens (including phenoxy) is 2. The molecule has 0 unspecified atom stereocenters. The van der Waals surface area contributed by atoms with E-state index in [-0.39, 0.29) is 24.0 Å². The number of guanidine groups is 1. The molecule has 160 valence electrons. The first-order valence-electron chi connectivity index (χ1n) is 10.2. The van der Waals surface area contributed by atoms with E-state index in [9.17, 15) is 0 Å². The maximum Gasteiger partial charge on any atom is 0.191 e. The second kappa shape index (κ2) is 14.9. The smallest absolute Gasteiger partial charge is 0.191 e. The van der Waals surface area contributed by atoms with Gasteiger partial charge in [0.2, 0.25) is 0 Å². The molecular formula is C21H37IN4O2. The Hall–Kier alpha value is -1.06. The van der Waals surface area contributed by atoms with Gasteiger partial charge >= 0.3 is 0 Å². The van der Waals surface area contributed by atoms with Crippen molar-refractivity contribution in [1.82, 2.24) is 15.5 Å². The lowest BCUT2D eigenvalue weighted by molar-refractivity contribution is 0.145. The average molecular weight is 504 g/mol. The van der Waals surface area contributed by atoms with E-state index in [1.165, 1.54) is 37.9 Å². The summed E-state index contributed by atoms with van der Waals surface area (Å²) in [4.78, 5) is 7.28. The van der Waals surface area contributed by atoms with Crippen molar-refractivity contribution in [2.45, 2.75) is 39.7 Å². The zero-order valence-electron chi connectivity index (χ0n) is 17.6. The fraction of sp³-hybridized carbons (Fsp3) is 0.667. The highest BCUT2D eigenvalue weighted by atomic mass is 127. The number of rotatable bonds is 10. The Labute approximate surface area is 187 Å². The fourth-order valence-corrected chi connectivity index (χ4v) is 3.18. The summed E-state index contributed by atoms with van der Waals surface area (Å²) < 4.78 is 11.0. The summed E-state index contributed by atoms with van der Waals surface area (Å²) in [6.07, 6.45) is 4.03. The van der Waals surface area contributed by atoms with E-state index in [4.69, 9.17) is 14.5 Å². The highest BCUT2D eigenvalue weighted by molar-refractivity contribution is 14.0. The molecule has 1 aromatic rings. The van der Waals surface area contributed by atoms with Gasteiger partial charge in [0.05, 0.1) is 13.2 Å². The lowest BCUT2D eigenvalue weighted by Gasteiger charge is -2.26. The molecule has 0 aromatic heterocycles. The van der Waals surface area contributed by atoms with Crippen LogP contribution in [0.4, 0.5) is 0 Å². The standard InChI is InChI=1S/C21H36N4O2.HI/c1-4-22-21(23-10-13-25-11-6-5-7-12-25)24-17-19-9-8-18(2)16-20(19)27-15-14-26-3;/h8-9,16H,4-7,10-15,17H2,1-3H3,(H2,22,23,24);1H. The second-order valence-corrected chi connectivity index (χ2v) is 6.98. The molecule has 0 aliphatic carbocycles. The van der Waals surface area contributed by atoms with Gasteiger partial charge in [0.25, 0.3) is 0 Å². The predicted molar refractivity (Wildman–Crippen MR) is 127 cm³/mol. The minimum absolute atomic E-state index is 0. The Morgan fingerprint density at radius 1 is 1.14 bits per heavy atom. The van der Waals surface area contributed by atoms with E-state index >= 15 is 0 Å². The van der Waals surface area contributed by atoms with Crippen LogP contribution in [-0.2, 0) is 11.3 Å². The van der Waals surface area contributed by atoms with E-state index in [1.807, 2.05) is 0 Å². The molecule has 7 heteroatoms. The topological polar surface area (TPSA) is 58.1 Å². The number of nitrogens with one attached hydrogen (secondary N) is 2. The number of halogens is 1. The Bertz CT molecular complexity index is 578. The Morgan fingerprint density at radius 2 is 1.93 bits per heavy atom. The second-order valence-electron chi connectivity index (χ2n) is 6.98. The van der Waals surface area contributed by atoms with Gasteiger partial charge in [-0.1, -0.05) is 18.6 Å². The van der Waals surface area contributed by atoms with Crippen LogP contribution in [0.2, 0.25) is 0 Å². The van der Waals surface area contributed by atoms with Crippen LogP contribution in [0.1, 0.15) is 37.3 Å². The number of hydrogen-bond donors (Lipinski definition) is 2. The largest absolute Gasteiger partial charge is 0.491 e. The molecule has 1 fully saturated rings. The van der Waals surface area contributed by atoms with E-state index in [0.717, 1.165) is 36.9 Å². The molecule has 1 heterocycles. The summed E-state index contributed by atoms with van der Waals surface area (Å²) in [5.41, 5.74) is 2.27. The van der Waals surface area contributed by atoms with Gasteiger partial charge in [-0.15, -0.1) is 24.0 Å². The van der Waals surface area contributed by atoms with Crippen molar-refractivity contribution in [3.05, 3.63) is 29.3 Å². The van der Waals surface area contributed by atoms with Gasteiger partial charge in [-0.05, 0) is 51.4 Å². The molecule has 1 aromatic carbocycles. The molecule has 0 amide bonds. The molecule has 6 nitrogen and oxygen atoms in total. The number of nitrogens with zero attached hydrogens (tertiary/aromatic N) is 2. The van der Waals surface area contributed by atoms with Crippen LogP contribution in [-0.4, -0.2) is 63.9 Å². The minimum atomic E-state index is 0. The number of piperidine rings is 1. The zero-order chi connectivity index (χ0) is 19.3. The molecule has 0 spiro atoms. The van der Waals surface area contributed by atoms with E-state index in [2.05, 4.69) is 47.6 Å². The first-order valence-corrected chi connectivity index (χ1v) is 10.2. The molecule has 0 atom stereocenters.